The molecule has 1 aliphatic rings. The molecule has 0 bridgehead atoms. The van der Waals surface area contributed by atoms with Gasteiger partial charge in [-0.05, 0) is 31.9 Å². The highest BCUT2D eigenvalue weighted by Crippen LogP contribution is 2.33. The Kier molecular flexibility index (Phi) is 4.27. The van der Waals surface area contributed by atoms with Crippen molar-refractivity contribution in [2.24, 2.45) is 0 Å². The van der Waals surface area contributed by atoms with E-state index >= 15 is 0 Å². The third-order valence-electron chi connectivity index (χ3n) is 3.58. The van der Waals surface area contributed by atoms with E-state index in [2.05, 4.69) is 14.9 Å². The van der Waals surface area contributed by atoms with Gasteiger partial charge in [-0.2, -0.15) is 17.7 Å². The summed E-state index contributed by atoms with van der Waals surface area (Å²) in [5, 5.41) is 3.67. The molecule has 1 aliphatic heterocycles. The topological polar surface area (TPSA) is 101 Å². The fourth-order valence-electron chi connectivity index (χ4n) is 2.60. The Labute approximate surface area is 128 Å². The van der Waals surface area contributed by atoms with Crippen molar-refractivity contribution in [1.82, 2.24) is 19.2 Å². The van der Waals surface area contributed by atoms with Crippen molar-refractivity contribution in [3.05, 3.63) is 35.9 Å². The number of nitrogens with one attached hydrogen (secondary N) is 1. The SMILES string of the molecule is Cc1noc(CCNS(=O)(=O)N2CCCC2c2ccco2)n1. The summed E-state index contributed by atoms with van der Waals surface area (Å²) in [7, 11) is -3.57. The van der Waals surface area contributed by atoms with Crippen molar-refractivity contribution in [2.45, 2.75) is 32.2 Å². The minimum Gasteiger partial charge on any atom is -0.468 e. The van der Waals surface area contributed by atoms with Crippen LogP contribution < -0.4 is 4.72 Å². The van der Waals surface area contributed by atoms with Crippen LogP contribution in [-0.4, -0.2) is 36.0 Å². The van der Waals surface area contributed by atoms with Gasteiger partial charge in [-0.1, -0.05) is 5.16 Å². The molecule has 0 radical (unpaired) electrons. The molecule has 2 aromatic heterocycles. The van der Waals surface area contributed by atoms with Crippen LogP contribution in [0.25, 0.3) is 0 Å². The highest BCUT2D eigenvalue weighted by atomic mass is 32.2. The normalized spacial score (nSPS) is 19.8. The first-order valence-electron chi connectivity index (χ1n) is 7.15. The van der Waals surface area contributed by atoms with Crippen LogP contribution in [0.4, 0.5) is 0 Å². The Morgan fingerprint density at radius 2 is 2.36 bits per heavy atom. The number of aryl methyl sites for hydroxylation is 1. The first-order valence-corrected chi connectivity index (χ1v) is 8.59. The minimum absolute atomic E-state index is 0.214. The maximum absolute atomic E-state index is 12.4. The highest BCUT2D eigenvalue weighted by Gasteiger charge is 2.36. The molecule has 3 rings (SSSR count). The van der Waals surface area contributed by atoms with E-state index in [4.69, 9.17) is 8.94 Å². The fraction of sp³-hybridized carbons (Fsp3) is 0.538. The molecule has 1 N–H and O–H groups in total. The average molecular weight is 326 g/mol. The largest absolute Gasteiger partial charge is 0.468 e. The van der Waals surface area contributed by atoms with Crippen molar-refractivity contribution in [2.75, 3.05) is 13.1 Å². The lowest BCUT2D eigenvalue weighted by Gasteiger charge is -2.22. The van der Waals surface area contributed by atoms with Crippen molar-refractivity contribution in [1.29, 1.82) is 0 Å². The first kappa shape index (κ1) is 15.2. The molecule has 1 unspecified atom stereocenters. The van der Waals surface area contributed by atoms with E-state index in [0.29, 0.717) is 30.4 Å². The summed E-state index contributed by atoms with van der Waals surface area (Å²) in [5.41, 5.74) is 0. The van der Waals surface area contributed by atoms with Gasteiger partial charge in [0.05, 0.1) is 12.3 Å². The van der Waals surface area contributed by atoms with Gasteiger partial charge >= 0.3 is 0 Å². The number of furan rings is 1. The molecule has 0 aliphatic carbocycles. The first-order chi connectivity index (χ1) is 10.6. The third-order valence-corrected chi connectivity index (χ3v) is 5.20. The van der Waals surface area contributed by atoms with Crippen LogP contribution in [0.3, 0.4) is 0 Å². The molecule has 22 heavy (non-hydrogen) atoms. The van der Waals surface area contributed by atoms with Gasteiger partial charge in [0.2, 0.25) is 5.89 Å². The Bertz CT molecular complexity index is 710. The van der Waals surface area contributed by atoms with Gasteiger partial charge in [0.1, 0.15) is 5.76 Å². The van der Waals surface area contributed by atoms with Gasteiger partial charge in [0.25, 0.3) is 10.2 Å². The second-order valence-corrected chi connectivity index (χ2v) is 6.88. The predicted molar refractivity (Wildman–Crippen MR) is 77.1 cm³/mol. The fourth-order valence-corrected chi connectivity index (χ4v) is 4.04. The van der Waals surface area contributed by atoms with Crippen LogP contribution in [-0.2, 0) is 16.6 Å². The standard InChI is InChI=1S/C13H18N4O4S/c1-10-15-13(21-16-10)6-7-14-22(18,19)17-8-2-4-11(17)12-5-3-9-20-12/h3,5,9,11,14H,2,4,6-8H2,1H3. The van der Waals surface area contributed by atoms with E-state index in [0.717, 1.165) is 12.8 Å². The van der Waals surface area contributed by atoms with E-state index < -0.39 is 10.2 Å². The Morgan fingerprint density at radius 3 is 3.05 bits per heavy atom. The number of aromatic nitrogens is 2. The molecule has 2 aromatic rings. The number of nitrogens with zero attached hydrogens (tertiary/aromatic N) is 3. The van der Waals surface area contributed by atoms with Gasteiger partial charge in [-0.25, -0.2) is 4.72 Å². The van der Waals surface area contributed by atoms with E-state index in [1.54, 1.807) is 25.3 Å². The van der Waals surface area contributed by atoms with Gasteiger partial charge in [0, 0.05) is 19.5 Å². The summed E-state index contributed by atoms with van der Waals surface area (Å²) >= 11 is 0. The van der Waals surface area contributed by atoms with Crippen LogP contribution in [0.1, 0.15) is 36.4 Å². The van der Waals surface area contributed by atoms with Crippen LogP contribution in [0, 0.1) is 6.92 Å². The smallest absolute Gasteiger partial charge is 0.280 e. The van der Waals surface area contributed by atoms with Crippen LogP contribution >= 0.6 is 0 Å². The number of hydrogen-bond acceptors (Lipinski definition) is 6. The molecule has 0 aromatic carbocycles. The van der Waals surface area contributed by atoms with E-state index in [1.165, 1.54) is 4.31 Å². The lowest BCUT2D eigenvalue weighted by Crippen LogP contribution is -2.41. The maximum Gasteiger partial charge on any atom is 0.280 e. The van der Waals surface area contributed by atoms with Gasteiger partial charge < -0.3 is 8.94 Å². The van der Waals surface area contributed by atoms with Crippen molar-refractivity contribution < 1.29 is 17.4 Å². The molecule has 1 fully saturated rings. The molecule has 0 amide bonds. The second kappa shape index (κ2) is 6.19. The lowest BCUT2D eigenvalue weighted by atomic mass is 10.2. The van der Waals surface area contributed by atoms with E-state index in [1.807, 2.05) is 0 Å². The molecule has 3 heterocycles. The molecule has 120 valence electrons. The lowest BCUT2D eigenvalue weighted by molar-refractivity contribution is 0.334. The Balaban J connectivity index is 1.62. The Morgan fingerprint density at radius 1 is 1.50 bits per heavy atom. The second-order valence-electron chi connectivity index (χ2n) is 5.17. The van der Waals surface area contributed by atoms with E-state index in [-0.39, 0.29) is 12.6 Å². The van der Waals surface area contributed by atoms with Gasteiger partial charge in [-0.3, -0.25) is 0 Å². The van der Waals surface area contributed by atoms with E-state index in [9.17, 15) is 8.42 Å². The molecule has 0 saturated carbocycles. The molecular weight excluding hydrogens is 308 g/mol. The summed E-state index contributed by atoms with van der Waals surface area (Å²) in [6, 6.07) is 3.34. The zero-order valence-electron chi connectivity index (χ0n) is 12.2. The van der Waals surface area contributed by atoms with Gasteiger partial charge in [0.15, 0.2) is 5.82 Å². The quantitative estimate of drug-likeness (QED) is 0.855. The molecule has 1 saturated heterocycles. The summed E-state index contributed by atoms with van der Waals surface area (Å²) in [5.74, 6) is 1.63. The molecule has 8 nitrogen and oxygen atoms in total. The summed E-state index contributed by atoms with van der Waals surface area (Å²) < 4.78 is 39.2. The molecular formula is C13H18N4O4S. The van der Waals surface area contributed by atoms with Crippen molar-refractivity contribution in [3.8, 4) is 0 Å². The molecule has 0 spiro atoms. The van der Waals surface area contributed by atoms with Gasteiger partial charge in [-0.15, -0.1) is 0 Å². The van der Waals surface area contributed by atoms with Crippen LogP contribution in [0.5, 0.6) is 0 Å². The maximum atomic E-state index is 12.4. The summed E-state index contributed by atoms with van der Waals surface area (Å²) in [6.45, 7) is 2.42. The molecule has 9 heteroatoms. The van der Waals surface area contributed by atoms with Crippen molar-refractivity contribution in [3.63, 3.8) is 0 Å². The highest BCUT2D eigenvalue weighted by molar-refractivity contribution is 7.87. The Hall–Kier alpha value is -1.71. The number of hydrogen-bond donors (Lipinski definition) is 1. The summed E-state index contributed by atoms with van der Waals surface area (Å²) in [4.78, 5) is 4.04. The third kappa shape index (κ3) is 3.21. The zero-order chi connectivity index (χ0) is 15.6. The number of rotatable bonds is 6. The van der Waals surface area contributed by atoms with Crippen LogP contribution in [0.2, 0.25) is 0 Å². The predicted octanol–water partition coefficient (Wildman–Crippen LogP) is 1.19. The minimum atomic E-state index is -3.57. The zero-order valence-corrected chi connectivity index (χ0v) is 13.0. The van der Waals surface area contributed by atoms with Crippen molar-refractivity contribution >= 4 is 10.2 Å². The average Bonchev–Trinajstić information content (AvgIpc) is 3.19. The molecule has 1 atom stereocenters. The van der Waals surface area contributed by atoms with Crippen LogP contribution in [0.15, 0.2) is 27.3 Å². The monoisotopic (exact) mass is 326 g/mol. The summed E-state index contributed by atoms with van der Waals surface area (Å²) in [6.07, 6.45) is 3.50.